The predicted octanol–water partition coefficient (Wildman–Crippen LogP) is 8.22. The van der Waals surface area contributed by atoms with Crippen LogP contribution in [0.3, 0.4) is 0 Å². The van der Waals surface area contributed by atoms with Gasteiger partial charge in [-0.3, -0.25) is 29.0 Å². The van der Waals surface area contributed by atoms with Crippen molar-refractivity contribution in [3.8, 4) is 21.6 Å². The quantitative estimate of drug-likeness (QED) is 0.0721. The number of halogens is 2. The van der Waals surface area contributed by atoms with Gasteiger partial charge in [-0.05, 0) is 59.7 Å². The van der Waals surface area contributed by atoms with Crippen molar-refractivity contribution in [2.45, 2.75) is 97.6 Å². The number of β-amino-alcohol motifs (C(OH)–C–C–N with tert-alkyl or cyclic N) is 1. The summed E-state index contributed by atoms with van der Waals surface area (Å²) < 4.78 is 55.5. The van der Waals surface area contributed by atoms with E-state index >= 15 is 8.78 Å². The molecular formula is C52H55F2N5O8S2. The van der Waals surface area contributed by atoms with Crippen LogP contribution >= 0.6 is 11.3 Å². The molecule has 0 unspecified atom stereocenters. The van der Waals surface area contributed by atoms with Crippen molar-refractivity contribution in [3.05, 3.63) is 130 Å². The number of anilines is 1. The maximum absolute atomic E-state index is 15.6. The molecule has 3 N–H and O–H groups in total. The largest absolute Gasteiger partial charge is 0.391 e. The third kappa shape index (κ3) is 11.9. The number of aromatic nitrogens is 2. The van der Waals surface area contributed by atoms with Crippen LogP contribution in [0.2, 0.25) is 0 Å². The Balaban J connectivity index is 0.930. The summed E-state index contributed by atoms with van der Waals surface area (Å²) in [7, 11) is -3.68. The molecule has 1 saturated heterocycles. The normalized spacial score (nSPS) is 16.2. The Kier molecular flexibility index (Phi) is 15.5. The van der Waals surface area contributed by atoms with Gasteiger partial charge in [-0.25, -0.2) is 22.2 Å². The average Bonchev–Trinajstić information content (AvgIpc) is 4.05. The fraction of sp³-hybridized carbons (Fsp3) is 0.365. The van der Waals surface area contributed by atoms with Crippen molar-refractivity contribution in [1.29, 1.82) is 0 Å². The highest BCUT2D eigenvalue weighted by molar-refractivity contribution is 7.90. The molecule has 5 aromatic rings. The van der Waals surface area contributed by atoms with Crippen molar-refractivity contribution in [1.82, 2.24) is 20.2 Å². The summed E-state index contributed by atoms with van der Waals surface area (Å²) in [5.41, 5.74) is 5.46. The van der Waals surface area contributed by atoms with Crippen LogP contribution in [-0.2, 0) is 47.7 Å². The Labute approximate surface area is 404 Å². The minimum Gasteiger partial charge on any atom is -0.391 e. The molecule has 362 valence electrons. The van der Waals surface area contributed by atoms with Crippen LogP contribution in [0, 0.1) is 29.9 Å². The smallest absolute Gasteiger partial charge is 0.243 e. The highest BCUT2D eigenvalue weighted by Crippen LogP contribution is 2.36. The van der Waals surface area contributed by atoms with Gasteiger partial charge >= 0.3 is 0 Å². The Hall–Kier alpha value is -6.30. The Bertz CT molecular complexity index is 2930. The van der Waals surface area contributed by atoms with Crippen LogP contribution in [0.15, 0.2) is 84.5 Å². The first-order valence-electron chi connectivity index (χ1n) is 22.8. The van der Waals surface area contributed by atoms with E-state index in [-0.39, 0.29) is 67.9 Å². The molecule has 0 saturated carbocycles. The summed E-state index contributed by atoms with van der Waals surface area (Å²) >= 11 is 1.55. The molecule has 3 heterocycles. The van der Waals surface area contributed by atoms with E-state index in [4.69, 9.17) is 0 Å². The molecule has 1 aliphatic carbocycles. The van der Waals surface area contributed by atoms with Crippen LogP contribution < -0.4 is 10.6 Å². The molecule has 0 spiro atoms. The van der Waals surface area contributed by atoms with Gasteiger partial charge in [0.05, 0.1) is 44.9 Å². The number of aliphatic hydroxyl groups is 1. The zero-order valence-electron chi connectivity index (χ0n) is 39.1. The number of hydrogen-bond donors (Lipinski definition) is 3. The van der Waals surface area contributed by atoms with Crippen LogP contribution in [0.5, 0.6) is 0 Å². The molecule has 13 nitrogen and oxygen atoms in total. The Morgan fingerprint density at radius 3 is 2.32 bits per heavy atom. The number of nitrogens with zero attached hydrogens (tertiary/aromatic N) is 3. The predicted molar refractivity (Wildman–Crippen MR) is 261 cm³/mol. The number of allylic oxidation sites excluding steroid dienone is 2. The number of likely N-dealkylation sites (tertiary alicyclic amines) is 1. The molecular weight excluding hydrogens is 925 g/mol. The van der Waals surface area contributed by atoms with Gasteiger partial charge in [-0.15, -0.1) is 11.3 Å². The fourth-order valence-electron chi connectivity index (χ4n) is 8.72. The molecule has 3 aromatic carbocycles. The lowest BCUT2D eigenvalue weighted by Gasteiger charge is -2.34. The van der Waals surface area contributed by atoms with Gasteiger partial charge in [0, 0.05) is 85.3 Å². The highest BCUT2D eigenvalue weighted by atomic mass is 32.2. The van der Waals surface area contributed by atoms with Crippen molar-refractivity contribution >= 4 is 61.7 Å². The summed E-state index contributed by atoms with van der Waals surface area (Å²) in [6.45, 7) is 9.30. The highest BCUT2D eigenvalue weighted by Gasteiger charge is 2.44. The number of benzene rings is 3. The van der Waals surface area contributed by atoms with Crippen LogP contribution in [0.4, 0.5) is 14.5 Å². The minimum absolute atomic E-state index is 0.0425. The number of sulfone groups is 1. The van der Waals surface area contributed by atoms with E-state index in [0.29, 0.717) is 34.5 Å². The number of ketones is 2. The summed E-state index contributed by atoms with van der Waals surface area (Å²) in [6.07, 6.45) is 2.42. The maximum Gasteiger partial charge on any atom is 0.243 e. The molecule has 3 amide bonds. The van der Waals surface area contributed by atoms with Crippen molar-refractivity contribution in [3.63, 3.8) is 0 Å². The molecule has 2 aromatic heterocycles. The number of amides is 3. The Morgan fingerprint density at radius 1 is 0.942 bits per heavy atom. The molecule has 1 fully saturated rings. The Morgan fingerprint density at radius 2 is 1.65 bits per heavy atom. The molecule has 1 aliphatic heterocycles. The molecule has 3 atom stereocenters. The number of aryl methyl sites for hydroxylation is 1. The number of carbonyl (C=O) groups excluding carboxylic acids is 5. The van der Waals surface area contributed by atoms with Gasteiger partial charge in [0.2, 0.25) is 17.7 Å². The minimum atomic E-state index is -3.68. The molecule has 0 radical (unpaired) electrons. The molecule has 2 aliphatic rings. The van der Waals surface area contributed by atoms with Gasteiger partial charge < -0.3 is 20.6 Å². The van der Waals surface area contributed by atoms with E-state index in [0.717, 1.165) is 33.8 Å². The molecule has 69 heavy (non-hydrogen) atoms. The second-order valence-electron chi connectivity index (χ2n) is 18.7. The van der Waals surface area contributed by atoms with Crippen LogP contribution in [0.1, 0.15) is 98.2 Å². The second kappa shape index (κ2) is 21.1. The van der Waals surface area contributed by atoms with E-state index < -0.39 is 79.8 Å². The first kappa shape index (κ1) is 50.6. The zero-order chi connectivity index (χ0) is 49.8. The summed E-state index contributed by atoms with van der Waals surface area (Å²) in [5.74, 6) is -6.45. The van der Waals surface area contributed by atoms with Gasteiger partial charge in [0.1, 0.15) is 23.5 Å². The molecule has 7 rings (SSSR count). The number of carbonyl (C=O) groups is 5. The number of fused-ring (bicyclic) bond motifs is 1. The third-order valence-corrected chi connectivity index (χ3v) is 15.3. The van der Waals surface area contributed by atoms with E-state index in [1.165, 1.54) is 11.0 Å². The topological polar surface area (TPSA) is 193 Å². The first-order valence-corrected chi connectivity index (χ1v) is 25.5. The summed E-state index contributed by atoms with van der Waals surface area (Å²) in [6, 6.07) is 17.2. The monoisotopic (exact) mass is 979 g/mol. The molecule has 0 bridgehead atoms. The van der Waals surface area contributed by atoms with Crippen LogP contribution in [0.25, 0.3) is 27.1 Å². The first-order chi connectivity index (χ1) is 32.7. The number of pyridine rings is 1. The van der Waals surface area contributed by atoms with Crippen LogP contribution in [-0.4, -0.2) is 82.1 Å². The van der Waals surface area contributed by atoms with E-state index in [9.17, 15) is 37.5 Å². The number of aliphatic hydroxyl groups excluding tert-OH is 1. The van der Waals surface area contributed by atoms with Gasteiger partial charge in [0.25, 0.3) is 0 Å². The van der Waals surface area contributed by atoms with Gasteiger partial charge in [-0.2, -0.15) is 0 Å². The lowest BCUT2D eigenvalue weighted by molar-refractivity contribution is -0.146. The van der Waals surface area contributed by atoms with Gasteiger partial charge in [-0.1, -0.05) is 76.2 Å². The second-order valence-corrected chi connectivity index (χ2v) is 21.8. The fourth-order valence-corrected chi connectivity index (χ4v) is 11.0. The van der Waals surface area contributed by atoms with Crippen molar-refractivity contribution in [2.75, 3.05) is 17.6 Å². The lowest BCUT2D eigenvalue weighted by Crippen LogP contribution is -2.50. The average molecular weight is 980 g/mol. The van der Waals surface area contributed by atoms with Gasteiger partial charge in [0.15, 0.2) is 15.6 Å². The van der Waals surface area contributed by atoms with Crippen molar-refractivity contribution in [2.24, 2.45) is 11.3 Å². The van der Waals surface area contributed by atoms with E-state index in [1.807, 2.05) is 52.0 Å². The molecule has 17 heteroatoms. The number of thiazole rings is 1. The summed E-state index contributed by atoms with van der Waals surface area (Å²) in [5, 5.41) is 16.3. The maximum atomic E-state index is 15.6. The number of rotatable bonds is 18. The SMILES string of the molecule is CCCS(=O)(=O)Cc1ccc(F)c(C(=O)C2=CCc3ncc(-c4ccc(NC(=O)CCC(=O)C[C@H](C(=O)N5C[C@H](O)C[C@H]5C(=O)NCc5ccc(-c6scnc6C)cc5)C(C)(C)C)cc4)cc32)c1F. The van der Waals surface area contributed by atoms with E-state index in [1.54, 1.807) is 60.3 Å². The lowest BCUT2D eigenvalue weighted by atomic mass is 9.76. The van der Waals surface area contributed by atoms with E-state index in [2.05, 4.69) is 20.6 Å². The third-order valence-electron chi connectivity index (χ3n) is 12.5. The number of hydrogen-bond acceptors (Lipinski definition) is 11. The summed E-state index contributed by atoms with van der Waals surface area (Å²) in [4.78, 5) is 79.0. The number of nitrogens with one attached hydrogen (secondary N) is 2. The zero-order valence-corrected chi connectivity index (χ0v) is 40.7. The number of Topliss-reactive ketones (excluding diaryl/α,β-unsaturated/α-hetero) is 2. The van der Waals surface area contributed by atoms with Crippen molar-refractivity contribution < 1.29 is 46.3 Å². The standard InChI is InChI=1S/C52H55F2N5O8S2/c1-6-21-69(66,67)28-34-13-18-42(53)46(47(34)54)48(63)39-17-19-43-40(39)22-35(26-55-43)32-11-14-36(15-12-32)58-45(62)20-16-37(60)23-41(52(3,4)5)51(65)59-27-38(61)24-44(59)50(64)56-25-31-7-9-33(10-8-31)49-30(2)57-29-68-49/h7-15,17-18,22,26,29,38,41,44,61H,6,16,19-21,23-25,27-28H2,1-5H3,(H,56,64)(H,58,62)/t38-,41-,44+/m1/s1.